The molecule has 0 fully saturated rings. The van der Waals surface area contributed by atoms with Crippen molar-refractivity contribution in [1.29, 1.82) is 0 Å². The maximum absolute atomic E-state index is 12.0. The van der Waals surface area contributed by atoms with Crippen LogP contribution in [-0.4, -0.2) is 25.5 Å². The Labute approximate surface area is 110 Å². The zero-order valence-corrected chi connectivity index (χ0v) is 10.9. The first-order valence-corrected chi connectivity index (χ1v) is 5.95. The van der Waals surface area contributed by atoms with Crippen LogP contribution in [0, 0.1) is 0 Å². The number of nitrogens with two attached hydrogens (primary N) is 1. The van der Waals surface area contributed by atoms with Crippen LogP contribution in [0.15, 0.2) is 24.3 Å². The molecule has 0 saturated heterocycles. The van der Waals surface area contributed by atoms with E-state index in [9.17, 15) is 13.2 Å². The lowest BCUT2D eigenvalue weighted by atomic mass is 10.1. The summed E-state index contributed by atoms with van der Waals surface area (Å²) in [7, 11) is 0. The van der Waals surface area contributed by atoms with Gasteiger partial charge >= 0.3 is 6.18 Å². The second-order valence-electron chi connectivity index (χ2n) is 4.44. The second-order valence-corrected chi connectivity index (χ2v) is 4.44. The van der Waals surface area contributed by atoms with Crippen LogP contribution in [0.4, 0.5) is 13.2 Å². The van der Waals surface area contributed by atoms with Crippen molar-refractivity contribution < 1.29 is 22.6 Å². The molecule has 108 valence electrons. The summed E-state index contributed by atoms with van der Waals surface area (Å²) in [5.41, 5.74) is 6.47. The van der Waals surface area contributed by atoms with E-state index in [0.717, 1.165) is 0 Å². The van der Waals surface area contributed by atoms with E-state index in [1.54, 1.807) is 24.3 Å². The van der Waals surface area contributed by atoms with Gasteiger partial charge in [0.25, 0.3) is 0 Å². The van der Waals surface area contributed by atoms with E-state index in [4.69, 9.17) is 10.5 Å². The van der Waals surface area contributed by atoms with E-state index in [1.807, 2.05) is 13.8 Å². The van der Waals surface area contributed by atoms with Gasteiger partial charge in [-0.3, -0.25) is 0 Å². The fraction of sp³-hybridized carbons (Fsp3) is 0.538. The third-order valence-electron chi connectivity index (χ3n) is 2.24. The third-order valence-corrected chi connectivity index (χ3v) is 2.24. The first-order chi connectivity index (χ1) is 8.79. The molecule has 1 aromatic rings. The Morgan fingerprint density at radius 3 is 2.42 bits per heavy atom. The number of para-hydroxylation sites is 1. The lowest BCUT2D eigenvalue weighted by Gasteiger charge is -2.19. The highest BCUT2D eigenvalue weighted by molar-refractivity contribution is 5.35. The Balaban J connectivity index is 2.63. The minimum absolute atomic E-state index is 0.0376. The van der Waals surface area contributed by atoms with Gasteiger partial charge in [0.15, 0.2) is 0 Å². The molecule has 0 aromatic heterocycles. The molecule has 0 aliphatic rings. The molecule has 0 aliphatic carbocycles. The monoisotopic (exact) mass is 277 g/mol. The molecule has 1 rings (SSSR count). The molecule has 3 nitrogen and oxygen atoms in total. The molecular formula is C13H18F3NO2. The summed E-state index contributed by atoms with van der Waals surface area (Å²) in [6, 6.07) is 6.34. The summed E-state index contributed by atoms with van der Waals surface area (Å²) in [5, 5.41) is 0. The minimum atomic E-state index is -4.34. The molecule has 0 amide bonds. The van der Waals surface area contributed by atoms with Gasteiger partial charge in [-0.2, -0.15) is 13.2 Å². The fourth-order valence-electron chi connectivity index (χ4n) is 1.54. The maximum Gasteiger partial charge on any atom is 0.411 e. The Morgan fingerprint density at radius 1 is 1.21 bits per heavy atom. The first-order valence-electron chi connectivity index (χ1n) is 5.95. The molecule has 1 atom stereocenters. The van der Waals surface area contributed by atoms with Crippen LogP contribution < -0.4 is 10.5 Å². The van der Waals surface area contributed by atoms with Crippen LogP contribution in [0.5, 0.6) is 5.75 Å². The minimum Gasteiger partial charge on any atom is -0.491 e. The van der Waals surface area contributed by atoms with E-state index < -0.39 is 18.8 Å². The SMILES string of the molecule is CC(C)Oc1ccccc1C(N)COCC(F)(F)F. The zero-order valence-electron chi connectivity index (χ0n) is 10.9. The first kappa shape index (κ1) is 15.8. The van der Waals surface area contributed by atoms with Crippen LogP contribution in [-0.2, 0) is 4.74 Å². The van der Waals surface area contributed by atoms with Gasteiger partial charge in [0.05, 0.1) is 18.8 Å². The summed E-state index contributed by atoms with van der Waals surface area (Å²) < 4.78 is 46.0. The second kappa shape index (κ2) is 6.77. The number of alkyl halides is 3. The van der Waals surface area contributed by atoms with Crippen molar-refractivity contribution in [2.24, 2.45) is 5.73 Å². The Kier molecular flexibility index (Phi) is 5.62. The van der Waals surface area contributed by atoms with Gasteiger partial charge in [0, 0.05) is 5.56 Å². The molecule has 6 heteroatoms. The van der Waals surface area contributed by atoms with Crippen LogP contribution in [0.3, 0.4) is 0 Å². The topological polar surface area (TPSA) is 44.5 Å². The molecule has 1 aromatic carbocycles. The van der Waals surface area contributed by atoms with Gasteiger partial charge in [-0.05, 0) is 19.9 Å². The largest absolute Gasteiger partial charge is 0.491 e. The number of halogens is 3. The van der Waals surface area contributed by atoms with Gasteiger partial charge in [-0.25, -0.2) is 0 Å². The molecule has 0 radical (unpaired) electrons. The summed E-state index contributed by atoms with van der Waals surface area (Å²) in [5.74, 6) is 0.570. The molecule has 1 unspecified atom stereocenters. The van der Waals surface area contributed by atoms with Crippen molar-refractivity contribution >= 4 is 0 Å². The lowest BCUT2D eigenvalue weighted by Crippen LogP contribution is -2.24. The normalized spacial score (nSPS) is 13.6. The molecule has 0 aliphatic heterocycles. The lowest BCUT2D eigenvalue weighted by molar-refractivity contribution is -0.174. The summed E-state index contributed by atoms with van der Waals surface area (Å²) >= 11 is 0. The highest BCUT2D eigenvalue weighted by Gasteiger charge is 2.28. The molecule has 0 heterocycles. The summed E-state index contributed by atoms with van der Waals surface area (Å²) in [6.07, 6.45) is -4.38. The van der Waals surface area contributed by atoms with Gasteiger partial charge in [-0.15, -0.1) is 0 Å². The van der Waals surface area contributed by atoms with Gasteiger partial charge in [0.2, 0.25) is 0 Å². The van der Waals surface area contributed by atoms with Gasteiger partial charge < -0.3 is 15.2 Å². The van der Waals surface area contributed by atoms with Gasteiger partial charge in [-0.1, -0.05) is 18.2 Å². The smallest absolute Gasteiger partial charge is 0.411 e. The number of hydrogen-bond acceptors (Lipinski definition) is 3. The highest BCUT2D eigenvalue weighted by atomic mass is 19.4. The quantitative estimate of drug-likeness (QED) is 0.869. The number of rotatable bonds is 6. The van der Waals surface area contributed by atoms with Crippen LogP contribution in [0.2, 0.25) is 0 Å². The van der Waals surface area contributed by atoms with E-state index in [2.05, 4.69) is 4.74 Å². The average molecular weight is 277 g/mol. The molecule has 2 N–H and O–H groups in total. The Bertz CT molecular complexity index is 394. The van der Waals surface area contributed by atoms with Crippen LogP contribution in [0.25, 0.3) is 0 Å². The van der Waals surface area contributed by atoms with E-state index in [1.165, 1.54) is 0 Å². The summed E-state index contributed by atoms with van der Waals surface area (Å²) in [4.78, 5) is 0. The zero-order chi connectivity index (χ0) is 14.5. The summed E-state index contributed by atoms with van der Waals surface area (Å²) in [6.45, 7) is 2.22. The maximum atomic E-state index is 12.0. The number of ether oxygens (including phenoxy) is 2. The molecule has 19 heavy (non-hydrogen) atoms. The van der Waals surface area contributed by atoms with Crippen molar-refractivity contribution in [2.75, 3.05) is 13.2 Å². The fourth-order valence-corrected chi connectivity index (χ4v) is 1.54. The van der Waals surface area contributed by atoms with Crippen molar-refractivity contribution in [2.45, 2.75) is 32.2 Å². The predicted molar refractivity (Wildman–Crippen MR) is 66.0 cm³/mol. The van der Waals surface area contributed by atoms with Gasteiger partial charge in [0.1, 0.15) is 12.4 Å². The molecule has 0 spiro atoms. The molecule has 0 bridgehead atoms. The van der Waals surface area contributed by atoms with E-state index >= 15 is 0 Å². The Morgan fingerprint density at radius 2 is 1.84 bits per heavy atom. The van der Waals surface area contributed by atoms with E-state index in [-0.39, 0.29) is 12.7 Å². The van der Waals surface area contributed by atoms with Crippen molar-refractivity contribution in [3.63, 3.8) is 0 Å². The van der Waals surface area contributed by atoms with Crippen LogP contribution >= 0.6 is 0 Å². The van der Waals surface area contributed by atoms with E-state index in [0.29, 0.717) is 11.3 Å². The van der Waals surface area contributed by atoms with Crippen molar-refractivity contribution in [3.05, 3.63) is 29.8 Å². The third kappa shape index (κ3) is 5.94. The van der Waals surface area contributed by atoms with Crippen molar-refractivity contribution in [1.82, 2.24) is 0 Å². The molecular weight excluding hydrogens is 259 g/mol. The number of hydrogen-bond donors (Lipinski definition) is 1. The number of benzene rings is 1. The van der Waals surface area contributed by atoms with Crippen molar-refractivity contribution in [3.8, 4) is 5.75 Å². The standard InChI is InChI=1S/C13H18F3NO2/c1-9(2)19-12-6-4-3-5-10(12)11(17)7-18-8-13(14,15)16/h3-6,9,11H,7-8,17H2,1-2H3. The van der Waals surface area contributed by atoms with Crippen LogP contribution in [0.1, 0.15) is 25.5 Å². The Hall–Kier alpha value is -1.27. The average Bonchev–Trinajstić information content (AvgIpc) is 2.27. The highest BCUT2D eigenvalue weighted by Crippen LogP contribution is 2.25. The predicted octanol–water partition coefficient (Wildman–Crippen LogP) is 3.05. The molecule has 0 saturated carbocycles.